The molecule has 1 aliphatic rings. The van der Waals surface area contributed by atoms with Crippen molar-refractivity contribution in [3.8, 4) is 0 Å². The topological polar surface area (TPSA) is 60.2 Å². The van der Waals surface area contributed by atoms with Crippen molar-refractivity contribution < 1.29 is 9.53 Å². The normalized spacial score (nSPS) is 15.4. The van der Waals surface area contributed by atoms with Crippen molar-refractivity contribution in [1.29, 1.82) is 0 Å². The van der Waals surface area contributed by atoms with Crippen LogP contribution in [0.3, 0.4) is 0 Å². The molecule has 2 aromatic rings. The first-order chi connectivity index (χ1) is 12.5. The summed E-state index contributed by atoms with van der Waals surface area (Å²) in [7, 11) is 1.95. The Hall–Kier alpha value is -2.21. The molecule has 0 aliphatic carbocycles. The van der Waals surface area contributed by atoms with Gasteiger partial charge in [-0.1, -0.05) is 6.07 Å². The number of pyridine rings is 1. The third kappa shape index (κ3) is 4.49. The van der Waals surface area contributed by atoms with Crippen molar-refractivity contribution in [2.24, 2.45) is 7.05 Å². The number of piperidine rings is 1. The highest BCUT2D eigenvalue weighted by Gasteiger charge is 2.23. The molecule has 0 N–H and O–H groups in total. The number of aryl methyl sites for hydroxylation is 2. The summed E-state index contributed by atoms with van der Waals surface area (Å²) in [4.78, 5) is 18.8. The zero-order chi connectivity index (χ0) is 18.5. The van der Waals surface area contributed by atoms with Crippen LogP contribution in [0, 0.1) is 13.8 Å². The fourth-order valence-electron chi connectivity index (χ4n) is 3.53. The van der Waals surface area contributed by atoms with Crippen LogP contribution in [-0.4, -0.2) is 44.8 Å². The molecule has 1 amide bonds. The highest BCUT2D eigenvalue weighted by Crippen LogP contribution is 2.18. The second kappa shape index (κ2) is 8.45. The van der Waals surface area contributed by atoms with E-state index in [1.807, 2.05) is 41.8 Å². The summed E-state index contributed by atoms with van der Waals surface area (Å²) < 4.78 is 7.84. The third-order valence-corrected chi connectivity index (χ3v) is 5.24. The van der Waals surface area contributed by atoms with Crippen molar-refractivity contribution in [3.63, 3.8) is 0 Å². The van der Waals surface area contributed by atoms with Gasteiger partial charge in [0.25, 0.3) is 0 Å². The SMILES string of the molecule is Cc1nn(C)c(C)c1CCC(=O)N1CCC(OCc2ccccn2)CC1. The minimum atomic E-state index is 0.212. The summed E-state index contributed by atoms with van der Waals surface area (Å²) in [6, 6.07) is 5.85. The van der Waals surface area contributed by atoms with Crippen LogP contribution in [0.2, 0.25) is 0 Å². The van der Waals surface area contributed by atoms with E-state index in [2.05, 4.69) is 17.0 Å². The van der Waals surface area contributed by atoms with E-state index in [0.717, 1.165) is 49.4 Å². The molecule has 1 fully saturated rings. The third-order valence-electron chi connectivity index (χ3n) is 5.24. The average Bonchev–Trinajstić information content (AvgIpc) is 2.91. The van der Waals surface area contributed by atoms with Gasteiger partial charge in [0.1, 0.15) is 0 Å². The number of aromatic nitrogens is 3. The lowest BCUT2D eigenvalue weighted by molar-refractivity contribution is -0.134. The van der Waals surface area contributed by atoms with E-state index in [-0.39, 0.29) is 12.0 Å². The molecule has 0 radical (unpaired) electrons. The quantitative estimate of drug-likeness (QED) is 0.798. The molecule has 0 spiro atoms. The Balaban J connectivity index is 1.42. The highest BCUT2D eigenvalue weighted by atomic mass is 16.5. The van der Waals surface area contributed by atoms with Gasteiger partial charge in [0.15, 0.2) is 0 Å². The second-order valence-corrected chi connectivity index (χ2v) is 6.99. The molecule has 3 heterocycles. The Morgan fingerprint density at radius 3 is 2.65 bits per heavy atom. The average molecular weight is 356 g/mol. The lowest BCUT2D eigenvalue weighted by Crippen LogP contribution is -2.41. The predicted molar refractivity (Wildman–Crippen MR) is 99.6 cm³/mol. The summed E-state index contributed by atoms with van der Waals surface area (Å²) in [5.74, 6) is 0.232. The first-order valence-electron chi connectivity index (χ1n) is 9.33. The highest BCUT2D eigenvalue weighted by molar-refractivity contribution is 5.76. The molecule has 1 saturated heterocycles. The van der Waals surface area contributed by atoms with Crippen LogP contribution < -0.4 is 0 Å². The summed E-state index contributed by atoms with van der Waals surface area (Å²) >= 11 is 0. The monoisotopic (exact) mass is 356 g/mol. The molecule has 0 unspecified atom stereocenters. The Labute approximate surface area is 155 Å². The van der Waals surface area contributed by atoms with Crippen LogP contribution in [0.1, 0.15) is 41.9 Å². The number of nitrogens with zero attached hydrogens (tertiary/aromatic N) is 4. The minimum absolute atomic E-state index is 0.212. The molecule has 6 nitrogen and oxygen atoms in total. The molecular weight excluding hydrogens is 328 g/mol. The largest absolute Gasteiger partial charge is 0.372 e. The number of hydrogen-bond acceptors (Lipinski definition) is 4. The lowest BCUT2D eigenvalue weighted by atomic mass is 10.0. The van der Waals surface area contributed by atoms with Crippen LogP contribution in [-0.2, 0) is 29.6 Å². The molecule has 3 rings (SSSR count). The Kier molecular flexibility index (Phi) is 6.04. The molecule has 140 valence electrons. The van der Waals surface area contributed by atoms with E-state index in [1.54, 1.807) is 6.20 Å². The second-order valence-electron chi connectivity index (χ2n) is 6.99. The molecule has 6 heteroatoms. The molecule has 2 aromatic heterocycles. The van der Waals surface area contributed by atoms with E-state index in [1.165, 1.54) is 5.56 Å². The van der Waals surface area contributed by atoms with E-state index >= 15 is 0 Å². The number of likely N-dealkylation sites (tertiary alicyclic amines) is 1. The molecule has 1 aliphatic heterocycles. The maximum Gasteiger partial charge on any atom is 0.222 e. The number of carbonyl (C=O) groups is 1. The fourth-order valence-corrected chi connectivity index (χ4v) is 3.53. The van der Waals surface area contributed by atoms with Crippen LogP contribution in [0.4, 0.5) is 0 Å². The minimum Gasteiger partial charge on any atom is -0.372 e. The summed E-state index contributed by atoms with van der Waals surface area (Å²) in [5.41, 5.74) is 4.33. The first kappa shape index (κ1) is 18.6. The summed E-state index contributed by atoms with van der Waals surface area (Å²) in [6.07, 6.45) is 5.09. The molecule has 0 aromatic carbocycles. The smallest absolute Gasteiger partial charge is 0.222 e. The van der Waals surface area contributed by atoms with E-state index in [4.69, 9.17) is 4.74 Å². The summed E-state index contributed by atoms with van der Waals surface area (Å²) in [5, 5.41) is 4.43. The van der Waals surface area contributed by atoms with Crippen molar-refractivity contribution in [2.75, 3.05) is 13.1 Å². The molecule has 0 atom stereocenters. The van der Waals surface area contributed by atoms with Crippen LogP contribution in [0.15, 0.2) is 24.4 Å². The molecule has 0 bridgehead atoms. The van der Waals surface area contributed by atoms with Crippen molar-refractivity contribution >= 4 is 5.91 Å². The Bertz CT molecular complexity index is 734. The van der Waals surface area contributed by atoms with Gasteiger partial charge in [-0.2, -0.15) is 5.10 Å². The number of hydrogen-bond donors (Lipinski definition) is 0. The van der Waals surface area contributed by atoms with Gasteiger partial charge in [-0.3, -0.25) is 14.5 Å². The van der Waals surface area contributed by atoms with Crippen molar-refractivity contribution in [2.45, 2.75) is 52.2 Å². The lowest BCUT2D eigenvalue weighted by Gasteiger charge is -2.32. The van der Waals surface area contributed by atoms with Crippen LogP contribution in [0.25, 0.3) is 0 Å². The molecule has 0 saturated carbocycles. The summed E-state index contributed by atoms with van der Waals surface area (Å²) in [6.45, 7) is 6.16. The molecule has 26 heavy (non-hydrogen) atoms. The molecular formula is C20H28N4O2. The fraction of sp³-hybridized carbons (Fsp3) is 0.550. The van der Waals surface area contributed by atoms with Crippen molar-refractivity contribution in [3.05, 3.63) is 47.0 Å². The number of carbonyl (C=O) groups excluding carboxylic acids is 1. The van der Waals surface area contributed by atoms with Crippen LogP contribution >= 0.6 is 0 Å². The van der Waals surface area contributed by atoms with E-state index in [9.17, 15) is 4.79 Å². The van der Waals surface area contributed by atoms with Gasteiger partial charge in [0.05, 0.1) is 24.1 Å². The zero-order valence-electron chi connectivity index (χ0n) is 15.9. The standard InChI is InChI=1S/C20H28N4O2/c1-15-19(16(2)23(3)22-15)7-8-20(25)24-12-9-18(10-13-24)26-14-17-6-4-5-11-21-17/h4-6,11,18H,7-10,12-14H2,1-3H3. The number of rotatable bonds is 6. The van der Waals surface area contributed by atoms with Gasteiger partial charge in [-0.25, -0.2) is 0 Å². The first-order valence-corrected chi connectivity index (χ1v) is 9.33. The van der Waals surface area contributed by atoms with E-state index in [0.29, 0.717) is 13.0 Å². The maximum absolute atomic E-state index is 12.5. The maximum atomic E-state index is 12.5. The predicted octanol–water partition coefficient (Wildman–Crippen LogP) is 2.57. The Morgan fingerprint density at radius 1 is 1.27 bits per heavy atom. The zero-order valence-corrected chi connectivity index (χ0v) is 15.9. The van der Waals surface area contributed by atoms with Gasteiger partial charge in [-0.15, -0.1) is 0 Å². The number of amides is 1. The van der Waals surface area contributed by atoms with Gasteiger partial charge < -0.3 is 9.64 Å². The van der Waals surface area contributed by atoms with Crippen molar-refractivity contribution in [1.82, 2.24) is 19.7 Å². The van der Waals surface area contributed by atoms with E-state index < -0.39 is 0 Å². The van der Waals surface area contributed by atoms with Crippen LogP contribution in [0.5, 0.6) is 0 Å². The van der Waals surface area contributed by atoms with Gasteiger partial charge >= 0.3 is 0 Å². The number of ether oxygens (including phenoxy) is 1. The Morgan fingerprint density at radius 2 is 2.04 bits per heavy atom. The van der Waals surface area contributed by atoms with Gasteiger partial charge in [0, 0.05) is 38.4 Å². The van der Waals surface area contributed by atoms with Gasteiger partial charge in [-0.05, 0) is 50.8 Å². The van der Waals surface area contributed by atoms with Gasteiger partial charge in [0.2, 0.25) is 5.91 Å².